The predicted octanol–water partition coefficient (Wildman–Crippen LogP) is 4.25. The smallest absolute Gasteiger partial charge is 0.151 e. The summed E-state index contributed by atoms with van der Waals surface area (Å²) in [6.07, 6.45) is 4.12. The largest absolute Gasteiger partial charge is 0.320 e. The zero-order valence-corrected chi connectivity index (χ0v) is 10.2. The highest BCUT2D eigenvalue weighted by atomic mass is 35.5. The molecule has 1 heterocycles. The van der Waals surface area contributed by atoms with Crippen LogP contribution in [0.2, 0.25) is 15.1 Å². The second-order valence-corrected chi connectivity index (χ2v) is 4.44. The number of aldehydes is 1. The summed E-state index contributed by atoms with van der Waals surface area (Å²) in [4.78, 5) is 10.6. The van der Waals surface area contributed by atoms with Crippen LogP contribution in [-0.2, 0) is 0 Å². The predicted molar refractivity (Wildman–Crippen MR) is 66.2 cm³/mol. The second-order valence-electron chi connectivity index (χ2n) is 3.19. The molecule has 0 bridgehead atoms. The van der Waals surface area contributed by atoms with Crippen molar-refractivity contribution >= 4 is 41.1 Å². The standard InChI is InChI=1S/C11H6Cl3NO/c12-8-3-9(13)11(10(14)4-8)15-2-1-7(5-15)6-16/h1-6H. The summed E-state index contributed by atoms with van der Waals surface area (Å²) in [6.45, 7) is 0. The fraction of sp³-hybridized carbons (Fsp3) is 0. The third-order valence-electron chi connectivity index (χ3n) is 2.09. The maximum Gasteiger partial charge on any atom is 0.151 e. The minimum Gasteiger partial charge on any atom is -0.320 e. The third-order valence-corrected chi connectivity index (χ3v) is 2.89. The molecule has 82 valence electrons. The highest BCUT2D eigenvalue weighted by Crippen LogP contribution is 2.32. The van der Waals surface area contributed by atoms with E-state index in [9.17, 15) is 4.79 Å². The van der Waals surface area contributed by atoms with Gasteiger partial charge in [0.2, 0.25) is 0 Å². The molecule has 0 atom stereocenters. The molecule has 0 amide bonds. The second kappa shape index (κ2) is 4.50. The van der Waals surface area contributed by atoms with E-state index in [2.05, 4.69) is 0 Å². The number of carbonyl (C=O) groups is 1. The molecule has 16 heavy (non-hydrogen) atoms. The van der Waals surface area contributed by atoms with Crippen molar-refractivity contribution in [2.24, 2.45) is 0 Å². The Balaban J connectivity index is 2.59. The maximum absolute atomic E-state index is 10.6. The van der Waals surface area contributed by atoms with Gasteiger partial charge in [0.1, 0.15) is 0 Å². The summed E-state index contributed by atoms with van der Waals surface area (Å²) in [5.74, 6) is 0. The minimum absolute atomic E-state index is 0.436. The topological polar surface area (TPSA) is 22.0 Å². The zero-order valence-electron chi connectivity index (χ0n) is 7.95. The molecule has 1 aromatic heterocycles. The number of aromatic nitrogens is 1. The van der Waals surface area contributed by atoms with Gasteiger partial charge in [0.25, 0.3) is 0 Å². The van der Waals surface area contributed by atoms with E-state index in [1.54, 1.807) is 35.2 Å². The van der Waals surface area contributed by atoms with Gasteiger partial charge >= 0.3 is 0 Å². The Bertz CT molecular complexity index is 525. The van der Waals surface area contributed by atoms with E-state index < -0.39 is 0 Å². The van der Waals surface area contributed by atoms with Crippen LogP contribution >= 0.6 is 34.8 Å². The fourth-order valence-corrected chi connectivity index (χ4v) is 2.42. The number of hydrogen-bond acceptors (Lipinski definition) is 1. The van der Waals surface area contributed by atoms with E-state index in [1.807, 2.05) is 0 Å². The van der Waals surface area contributed by atoms with Crippen LogP contribution in [0.3, 0.4) is 0 Å². The summed E-state index contributed by atoms with van der Waals surface area (Å²) in [6, 6.07) is 4.88. The number of benzene rings is 1. The maximum atomic E-state index is 10.6. The first-order chi connectivity index (χ1) is 7.61. The van der Waals surface area contributed by atoms with Crippen molar-refractivity contribution < 1.29 is 4.79 Å². The highest BCUT2D eigenvalue weighted by Gasteiger charge is 2.09. The Hall–Kier alpha value is -0.960. The monoisotopic (exact) mass is 273 g/mol. The fourth-order valence-electron chi connectivity index (χ4n) is 1.40. The van der Waals surface area contributed by atoms with Crippen LogP contribution in [0.1, 0.15) is 10.4 Å². The number of rotatable bonds is 2. The molecule has 0 aliphatic heterocycles. The molecule has 0 saturated carbocycles. The van der Waals surface area contributed by atoms with Crippen LogP contribution < -0.4 is 0 Å². The van der Waals surface area contributed by atoms with E-state index in [-0.39, 0.29) is 0 Å². The van der Waals surface area contributed by atoms with Crippen LogP contribution in [0.4, 0.5) is 0 Å². The van der Waals surface area contributed by atoms with Gasteiger partial charge in [-0.1, -0.05) is 34.8 Å². The third kappa shape index (κ3) is 2.09. The normalized spacial score (nSPS) is 10.4. The van der Waals surface area contributed by atoms with Gasteiger partial charge in [0, 0.05) is 23.0 Å². The molecule has 2 rings (SSSR count). The van der Waals surface area contributed by atoms with E-state index in [1.165, 1.54) is 0 Å². The van der Waals surface area contributed by atoms with Crippen LogP contribution in [-0.4, -0.2) is 10.9 Å². The lowest BCUT2D eigenvalue weighted by atomic mass is 10.3. The summed E-state index contributed by atoms with van der Waals surface area (Å²) < 4.78 is 1.69. The van der Waals surface area contributed by atoms with Gasteiger partial charge in [-0.2, -0.15) is 0 Å². The molecule has 0 fully saturated rings. The Morgan fingerprint density at radius 2 is 1.75 bits per heavy atom. The molecule has 0 radical (unpaired) electrons. The lowest BCUT2D eigenvalue weighted by molar-refractivity contribution is 0.112. The highest BCUT2D eigenvalue weighted by molar-refractivity contribution is 6.40. The minimum atomic E-state index is 0.436. The van der Waals surface area contributed by atoms with Gasteiger partial charge < -0.3 is 4.57 Å². The summed E-state index contributed by atoms with van der Waals surface area (Å²) >= 11 is 17.9. The zero-order chi connectivity index (χ0) is 11.7. The van der Waals surface area contributed by atoms with E-state index >= 15 is 0 Å². The number of hydrogen-bond donors (Lipinski definition) is 0. The summed E-state index contributed by atoms with van der Waals surface area (Å²) in [5, 5.41) is 1.35. The van der Waals surface area contributed by atoms with Crippen molar-refractivity contribution in [1.29, 1.82) is 0 Å². The van der Waals surface area contributed by atoms with Crippen molar-refractivity contribution in [3.63, 3.8) is 0 Å². The van der Waals surface area contributed by atoms with E-state index in [4.69, 9.17) is 34.8 Å². The average Bonchev–Trinajstić information content (AvgIpc) is 2.64. The van der Waals surface area contributed by atoms with Gasteiger partial charge in [-0.05, 0) is 18.2 Å². The van der Waals surface area contributed by atoms with Crippen LogP contribution in [0.25, 0.3) is 5.69 Å². The van der Waals surface area contributed by atoms with Gasteiger partial charge in [0.15, 0.2) is 6.29 Å². The number of nitrogens with zero attached hydrogens (tertiary/aromatic N) is 1. The summed E-state index contributed by atoms with van der Waals surface area (Å²) in [5.41, 5.74) is 1.17. The van der Waals surface area contributed by atoms with Gasteiger partial charge in [-0.15, -0.1) is 0 Å². The molecule has 1 aromatic carbocycles. The lowest BCUT2D eigenvalue weighted by Gasteiger charge is -2.08. The van der Waals surface area contributed by atoms with E-state index in [0.717, 1.165) is 6.29 Å². The van der Waals surface area contributed by atoms with E-state index in [0.29, 0.717) is 26.3 Å². The first-order valence-electron chi connectivity index (χ1n) is 4.40. The van der Waals surface area contributed by atoms with Crippen molar-refractivity contribution in [3.8, 4) is 5.69 Å². The quantitative estimate of drug-likeness (QED) is 0.750. The molecule has 0 spiro atoms. The Labute approximate surface area is 107 Å². The Morgan fingerprint density at radius 1 is 1.12 bits per heavy atom. The molecule has 0 saturated heterocycles. The summed E-state index contributed by atoms with van der Waals surface area (Å²) in [7, 11) is 0. The van der Waals surface area contributed by atoms with Crippen LogP contribution in [0.5, 0.6) is 0 Å². The molecule has 0 aliphatic rings. The molecular formula is C11H6Cl3NO. The number of carbonyl (C=O) groups excluding carboxylic acids is 1. The molecule has 5 heteroatoms. The van der Waals surface area contributed by atoms with Gasteiger partial charge in [-0.25, -0.2) is 0 Å². The Morgan fingerprint density at radius 3 is 2.25 bits per heavy atom. The molecule has 0 aliphatic carbocycles. The van der Waals surface area contributed by atoms with Crippen LogP contribution in [0.15, 0.2) is 30.6 Å². The van der Waals surface area contributed by atoms with Gasteiger partial charge in [0.05, 0.1) is 15.7 Å². The average molecular weight is 275 g/mol. The molecular weight excluding hydrogens is 268 g/mol. The first kappa shape index (κ1) is 11.5. The van der Waals surface area contributed by atoms with Crippen molar-refractivity contribution in [2.45, 2.75) is 0 Å². The Kier molecular flexibility index (Phi) is 3.24. The first-order valence-corrected chi connectivity index (χ1v) is 5.53. The molecule has 0 unspecified atom stereocenters. The van der Waals surface area contributed by atoms with Crippen molar-refractivity contribution in [2.75, 3.05) is 0 Å². The van der Waals surface area contributed by atoms with Crippen molar-refractivity contribution in [1.82, 2.24) is 4.57 Å². The number of halogens is 3. The van der Waals surface area contributed by atoms with Crippen LogP contribution in [0, 0.1) is 0 Å². The SMILES string of the molecule is O=Cc1ccn(-c2c(Cl)cc(Cl)cc2Cl)c1. The lowest BCUT2D eigenvalue weighted by Crippen LogP contribution is -1.92. The molecule has 2 nitrogen and oxygen atoms in total. The molecule has 2 aromatic rings. The van der Waals surface area contributed by atoms with Gasteiger partial charge in [-0.3, -0.25) is 4.79 Å². The van der Waals surface area contributed by atoms with Crippen molar-refractivity contribution in [3.05, 3.63) is 51.2 Å². The molecule has 0 N–H and O–H groups in total.